The Bertz CT molecular complexity index is 732. The number of rotatable bonds is 6. The molecule has 0 aliphatic carbocycles. The fourth-order valence-corrected chi connectivity index (χ4v) is 2.39. The van der Waals surface area contributed by atoms with Gasteiger partial charge in [-0.25, -0.2) is 0 Å². The second-order valence-corrected chi connectivity index (χ2v) is 6.50. The van der Waals surface area contributed by atoms with Crippen molar-refractivity contribution < 1.29 is 9.59 Å². The molecule has 132 valence electrons. The first-order chi connectivity index (χ1) is 11.8. The van der Waals surface area contributed by atoms with Gasteiger partial charge in [0.25, 0.3) is 0 Å². The molecule has 0 bridgehead atoms. The van der Waals surface area contributed by atoms with E-state index in [1.54, 1.807) is 0 Å². The molecule has 0 aliphatic heterocycles. The molecule has 25 heavy (non-hydrogen) atoms. The highest BCUT2D eigenvalue weighted by atomic mass is 16.2. The van der Waals surface area contributed by atoms with Crippen molar-refractivity contribution in [3.63, 3.8) is 0 Å². The molecule has 5 heteroatoms. The zero-order valence-electron chi connectivity index (χ0n) is 15.1. The third-order valence-electron chi connectivity index (χ3n) is 3.64. The second-order valence-electron chi connectivity index (χ2n) is 6.50. The predicted molar refractivity (Wildman–Crippen MR) is 103 cm³/mol. The Morgan fingerprint density at radius 1 is 0.840 bits per heavy atom. The first kappa shape index (κ1) is 18.5. The van der Waals surface area contributed by atoms with Gasteiger partial charge in [0.05, 0.1) is 6.54 Å². The van der Waals surface area contributed by atoms with Crippen LogP contribution < -0.4 is 16.0 Å². The largest absolute Gasteiger partial charge is 0.376 e. The van der Waals surface area contributed by atoms with Crippen LogP contribution in [0, 0.1) is 19.8 Å². The number of hydrogen-bond acceptors (Lipinski definition) is 3. The average Bonchev–Trinajstić information content (AvgIpc) is 2.53. The van der Waals surface area contributed by atoms with Crippen molar-refractivity contribution in [3.8, 4) is 0 Å². The average molecular weight is 339 g/mol. The van der Waals surface area contributed by atoms with Crippen molar-refractivity contribution >= 4 is 28.9 Å². The summed E-state index contributed by atoms with van der Waals surface area (Å²) in [5.41, 5.74) is 4.59. The van der Waals surface area contributed by atoms with Gasteiger partial charge in [0.2, 0.25) is 11.8 Å². The predicted octanol–water partition coefficient (Wildman–Crippen LogP) is 3.95. The van der Waals surface area contributed by atoms with Gasteiger partial charge in [-0.15, -0.1) is 0 Å². The van der Waals surface area contributed by atoms with Gasteiger partial charge >= 0.3 is 0 Å². The zero-order valence-corrected chi connectivity index (χ0v) is 15.1. The fraction of sp³-hybridized carbons (Fsp3) is 0.300. The number of aryl methyl sites for hydroxylation is 2. The van der Waals surface area contributed by atoms with E-state index in [1.165, 1.54) is 0 Å². The minimum Gasteiger partial charge on any atom is -0.376 e. The molecule has 0 atom stereocenters. The van der Waals surface area contributed by atoms with Crippen molar-refractivity contribution in [2.75, 3.05) is 22.5 Å². The van der Waals surface area contributed by atoms with Crippen molar-refractivity contribution in [1.82, 2.24) is 0 Å². The first-order valence-corrected chi connectivity index (χ1v) is 8.36. The summed E-state index contributed by atoms with van der Waals surface area (Å²) in [5, 5.41) is 8.79. The summed E-state index contributed by atoms with van der Waals surface area (Å²) in [5.74, 6) is -0.192. The van der Waals surface area contributed by atoms with Crippen LogP contribution in [0.4, 0.5) is 17.1 Å². The maximum Gasteiger partial charge on any atom is 0.243 e. The van der Waals surface area contributed by atoms with Gasteiger partial charge in [0.1, 0.15) is 0 Å². The van der Waals surface area contributed by atoms with E-state index in [9.17, 15) is 9.59 Å². The molecule has 0 heterocycles. The van der Waals surface area contributed by atoms with E-state index in [2.05, 4.69) is 22.0 Å². The third kappa shape index (κ3) is 5.95. The highest BCUT2D eigenvalue weighted by Crippen LogP contribution is 2.15. The van der Waals surface area contributed by atoms with Crippen LogP contribution in [-0.2, 0) is 9.59 Å². The van der Waals surface area contributed by atoms with Crippen molar-refractivity contribution in [3.05, 3.63) is 53.6 Å². The van der Waals surface area contributed by atoms with Crippen LogP contribution in [0.1, 0.15) is 25.0 Å². The lowest BCUT2D eigenvalue weighted by atomic mass is 10.1. The van der Waals surface area contributed by atoms with Crippen LogP contribution in [-0.4, -0.2) is 18.4 Å². The molecular weight excluding hydrogens is 314 g/mol. The Morgan fingerprint density at radius 3 is 1.96 bits per heavy atom. The summed E-state index contributed by atoms with van der Waals surface area (Å²) >= 11 is 0. The molecule has 2 rings (SSSR count). The SMILES string of the molecule is Cc1cc(C)cc(NC(=O)CNc2ccc(NC(=O)C(C)C)cc2)c1. The summed E-state index contributed by atoms with van der Waals surface area (Å²) in [4.78, 5) is 23.7. The summed E-state index contributed by atoms with van der Waals surface area (Å²) in [6.45, 7) is 7.87. The molecular formula is C20H25N3O2. The number of carbonyl (C=O) groups excluding carboxylic acids is 2. The third-order valence-corrected chi connectivity index (χ3v) is 3.64. The van der Waals surface area contributed by atoms with Crippen LogP contribution in [0.15, 0.2) is 42.5 Å². The molecule has 0 radical (unpaired) electrons. The number of hydrogen-bond donors (Lipinski definition) is 3. The number of anilines is 3. The molecule has 0 aliphatic rings. The summed E-state index contributed by atoms with van der Waals surface area (Å²) in [7, 11) is 0. The van der Waals surface area contributed by atoms with E-state index in [0.29, 0.717) is 0 Å². The van der Waals surface area contributed by atoms with Gasteiger partial charge in [0.15, 0.2) is 0 Å². The van der Waals surface area contributed by atoms with Crippen LogP contribution in [0.2, 0.25) is 0 Å². The second kappa shape index (κ2) is 8.33. The molecule has 3 N–H and O–H groups in total. The Balaban J connectivity index is 1.86. The minimum absolute atomic E-state index is 0.0199. The maximum atomic E-state index is 12.1. The highest BCUT2D eigenvalue weighted by molar-refractivity contribution is 5.94. The Kier molecular flexibility index (Phi) is 6.17. The van der Waals surface area contributed by atoms with Crippen LogP contribution >= 0.6 is 0 Å². The molecule has 0 saturated heterocycles. The molecule has 0 unspecified atom stereocenters. The molecule has 2 aromatic carbocycles. The van der Waals surface area contributed by atoms with E-state index in [0.717, 1.165) is 28.2 Å². The summed E-state index contributed by atoms with van der Waals surface area (Å²) in [6.07, 6.45) is 0. The topological polar surface area (TPSA) is 70.2 Å². The van der Waals surface area contributed by atoms with Crippen molar-refractivity contribution in [2.24, 2.45) is 5.92 Å². The zero-order chi connectivity index (χ0) is 18.4. The molecule has 0 aromatic heterocycles. The van der Waals surface area contributed by atoms with Crippen molar-refractivity contribution in [2.45, 2.75) is 27.7 Å². The van der Waals surface area contributed by atoms with E-state index in [-0.39, 0.29) is 24.3 Å². The first-order valence-electron chi connectivity index (χ1n) is 8.36. The van der Waals surface area contributed by atoms with E-state index in [4.69, 9.17) is 0 Å². The Hall–Kier alpha value is -2.82. The summed E-state index contributed by atoms with van der Waals surface area (Å²) in [6, 6.07) is 13.2. The van der Waals surface area contributed by atoms with Crippen molar-refractivity contribution in [1.29, 1.82) is 0 Å². The van der Waals surface area contributed by atoms with Crippen LogP contribution in [0.3, 0.4) is 0 Å². The lowest BCUT2D eigenvalue weighted by Crippen LogP contribution is -2.22. The van der Waals surface area contributed by atoms with Gasteiger partial charge in [-0.2, -0.15) is 0 Å². The van der Waals surface area contributed by atoms with Crippen LogP contribution in [0.25, 0.3) is 0 Å². The molecule has 5 nitrogen and oxygen atoms in total. The van der Waals surface area contributed by atoms with Gasteiger partial charge in [-0.3, -0.25) is 9.59 Å². The number of carbonyl (C=O) groups is 2. The van der Waals surface area contributed by atoms with Gasteiger partial charge in [-0.1, -0.05) is 19.9 Å². The van der Waals surface area contributed by atoms with Crippen LogP contribution in [0.5, 0.6) is 0 Å². The number of nitrogens with one attached hydrogen (secondary N) is 3. The number of amides is 2. The minimum atomic E-state index is -0.109. The van der Waals surface area contributed by atoms with Gasteiger partial charge in [-0.05, 0) is 61.4 Å². The molecule has 2 amide bonds. The Morgan fingerprint density at radius 2 is 1.40 bits per heavy atom. The van der Waals surface area contributed by atoms with Gasteiger partial charge < -0.3 is 16.0 Å². The quantitative estimate of drug-likeness (QED) is 0.746. The number of benzene rings is 2. The van der Waals surface area contributed by atoms with E-state index in [1.807, 2.05) is 64.1 Å². The molecule has 0 saturated carbocycles. The van der Waals surface area contributed by atoms with Gasteiger partial charge in [0, 0.05) is 23.0 Å². The monoisotopic (exact) mass is 339 g/mol. The lowest BCUT2D eigenvalue weighted by molar-refractivity contribution is -0.119. The molecule has 0 fully saturated rings. The molecule has 0 spiro atoms. The Labute approximate surface area is 148 Å². The molecule has 2 aromatic rings. The highest BCUT2D eigenvalue weighted by Gasteiger charge is 2.07. The fourth-order valence-electron chi connectivity index (χ4n) is 2.39. The summed E-state index contributed by atoms with van der Waals surface area (Å²) < 4.78 is 0. The maximum absolute atomic E-state index is 12.1. The van der Waals surface area contributed by atoms with E-state index >= 15 is 0 Å². The van der Waals surface area contributed by atoms with E-state index < -0.39 is 0 Å². The standard InChI is InChI=1S/C20H25N3O2/c1-13(2)20(25)23-17-7-5-16(6-8-17)21-12-19(24)22-18-10-14(3)9-15(4)11-18/h5-11,13,21H,12H2,1-4H3,(H,22,24)(H,23,25). The smallest absolute Gasteiger partial charge is 0.243 e. The normalized spacial score (nSPS) is 10.4. The lowest BCUT2D eigenvalue weighted by Gasteiger charge is -2.11.